The first-order valence-electron chi connectivity index (χ1n) is 9.31. The Balaban J connectivity index is 1.46. The highest BCUT2D eigenvalue weighted by molar-refractivity contribution is 5.66. The molecule has 0 aliphatic rings. The molecule has 4 aromatic rings. The Kier molecular flexibility index (Phi) is 5.12. The highest BCUT2D eigenvalue weighted by Crippen LogP contribution is 2.22. The molecule has 0 amide bonds. The van der Waals surface area contributed by atoms with Crippen molar-refractivity contribution in [1.82, 2.24) is 19.4 Å². The highest BCUT2D eigenvalue weighted by atomic mass is 16.6. The number of hydrogen-bond acceptors (Lipinski definition) is 8. The van der Waals surface area contributed by atoms with Crippen molar-refractivity contribution >= 4 is 28.9 Å². The third kappa shape index (κ3) is 3.97. The SMILES string of the molecule is Cc1ccc(-c2cc3nccn3c(NCCNc3ccc([N+](=O)[O-])c(N)n3)n2)cc1. The van der Waals surface area contributed by atoms with Gasteiger partial charge in [-0.15, -0.1) is 0 Å². The van der Waals surface area contributed by atoms with Crippen LogP contribution < -0.4 is 16.4 Å². The van der Waals surface area contributed by atoms with E-state index in [1.165, 1.54) is 17.7 Å². The smallest absolute Gasteiger partial charge is 0.311 e. The van der Waals surface area contributed by atoms with Crippen molar-refractivity contribution in [3.63, 3.8) is 0 Å². The molecule has 0 atom stereocenters. The van der Waals surface area contributed by atoms with Crippen LogP contribution in [0.4, 0.5) is 23.3 Å². The highest BCUT2D eigenvalue weighted by Gasteiger charge is 2.13. The molecule has 0 radical (unpaired) electrons. The average Bonchev–Trinajstić information content (AvgIpc) is 3.20. The molecule has 4 rings (SSSR count). The van der Waals surface area contributed by atoms with Gasteiger partial charge in [-0.1, -0.05) is 29.8 Å². The van der Waals surface area contributed by atoms with Gasteiger partial charge in [0.15, 0.2) is 0 Å². The Morgan fingerprint density at radius 3 is 2.60 bits per heavy atom. The minimum Gasteiger partial charge on any atom is -0.378 e. The first kappa shape index (κ1) is 19.1. The molecule has 3 heterocycles. The van der Waals surface area contributed by atoms with Gasteiger partial charge >= 0.3 is 5.69 Å². The molecule has 0 bridgehead atoms. The predicted octanol–water partition coefficient (Wildman–Crippen LogP) is 3.11. The second-order valence-corrected chi connectivity index (χ2v) is 6.70. The summed E-state index contributed by atoms with van der Waals surface area (Å²) in [5, 5.41) is 17.2. The van der Waals surface area contributed by atoms with Crippen molar-refractivity contribution in [2.45, 2.75) is 6.92 Å². The fourth-order valence-electron chi connectivity index (χ4n) is 3.01. The summed E-state index contributed by atoms with van der Waals surface area (Å²) in [6.07, 6.45) is 3.57. The van der Waals surface area contributed by atoms with E-state index < -0.39 is 4.92 Å². The third-order valence-corrected chi connectivity index (χ3v) is 4.55. The first-order valence-corrected chi connectivity index (χ1v) is 9.31. The van der Waals surface area contributed by atoms with Gasteiger partial charge in [-0.05, 0) is 13.0 Å². The van der Waals surface area contributed by atoms with Crippen molar-refractivity contribution in [2.24, 2.45) is 0 Å². The Morgan fingerprint density at radius 1 is 1.10 bits per heavy atom. The van der Waals surface area contributed by atoms with Crippen molar-refractivity contribution in [2.75, 3.05) is 29.5 Å². The van der Waals surface area contributed by atoms with Crippen molar-refractivity contribution in [3.05, 3.63) is 70.5 Å². The summed E-state index contributed by atoms with van der Waals surface area (Å²) in [6, 6.07) is 13.0. The largest absolute Gasteiger partial charge is 0.378 e. The molecule has 0 saturated carbocycles. The zero-order chi connectivity index (χ0) is 21.1. The second kappa shape index (κ2) is 8.03. The third-order valence-electron chi connectivity index (χ3n) is 4.55. The van der Waals surface area contributed by atoms with E-state index in [4.69, 9.17) is 10.7 Å². The maximum Gasteiger partial charge on any atom is 0.311 e. The van der Waals surface area contributed by atoms with Gasteiger partial charge in [0.25, 0.3) is 0 Å². The molecule has 0 aliphatic heterocycles. The van der Waals surface area contributed by atoms with Crippen LogP contribution in [0.1, 0.15) is 5.56 Å². The van der Waals surface area contributed by atoms with E-state index in [0.717, 1.165) is 16.9 Å². The maximum absolute atomic E-state index is 10.8. The summed E-state index contributed by atoms with van der Waals surface area (Å²) < 4.78 is 1.87. The molecule has 30 heavy (non-hydrogen) atoms. The molecule has 4 N–H and O–H groups in total. The quantitative estimate of drug-likeness (QED) is 0.243. The topological polar surface area (TPSA) is 136 Å². The number of rotatable bonds is 7. The van der Waals surface area contributed by atoms with Crippen molar-refractivity contribution < 1.29 is 4.92 Å². The summed E-state index contributed by atoms with van der Waals surface area (Å²) in [5.41, 5.74) is 9.23. The van der Waals surface area contributed by atoms with Gasteiger partial charge in [0.1, 0.15) is 11.5 Å². The molecule has 0 spiro atoms. The first-order chi connectivity index (χ1) is 14.5. The van der Waals surface area contributed by atoms with Crippen LogP contribution in [0.25, 0.3) is 16.9 Å². The molecule has 10 nitrogen and oxygen atoms in total. The standard InChI is InChI=1S/C20H20N8O2/c1-13-2-4-14(5-3-13)15-12-18-23-10-11-27(18)20(25-15)24-9-8-22-17-7-6-16(28(29)30)19(21)26-17/h2-7,10-12H,8-9H2,1H3,(H,24,25)(H3,21,22,26). The number of pyridine rings is 1. The number of nitrogens with zero attached hydrogens (tertiary/aromatic N) is 5. The van der Waals surface area contributed by atoms with Gasteiger partial charge in [-0.3, -0.25) is 14.5 Å². The average molecular weight is 404 g/mol. The fraction of sp³-hybridized carbons (Fsp3) is 0.150. The Morgan fingerprint density at radius 2 is 1.87 bits per heavy atom. The number of nitro groups is 1. The monoisotopic (exact) mass is 404 g/mol. The molecule has 0 aliphatic carbocycles. The Labute approximate surface area is 172 Å². The summed E-state index contributed by atoms with van der Waals surface area (Å²) in [6.45, 7) is 3.09. The molecule has 3 aromatic heterocycles. The summed E-state index contributed by atoms with van der Waals surface area (Å²) in [7, 11) is 0. The number of imidazole rings is 1. The van der Waals surface area contributed by atoms with Gasteiger partial charge < -0.3 is 16.4 Å². The zero-order valence-electron chi connectivity index (χ0n) is 16.2. The molecule has 0 fully saturated rings. The van der Waals surface area contributed by atoms with E-state index in [-0.39, 0.29) is 11.5 Å². The van der Waals surface area contributed by atoms with Crippen LogP contribution in [0.3, 0.4) is 0 Å². The number of aryl methyl sites for hydroxylation is 1. The second-order valence-electron chi connectivity index (χ2n) is 6.70. The predicted molar refractivity (Wildman–Crippen MR) is 115 cm³/mol. The molecule has 0 unspecified atom stereocenters. The molecule has 152 valence electrons. The number of nitrogens with two attached hydrogens (primary N) is 1. The number of nitrogens with one attached hydrogen (secondary N) is 2. The molecule has 10 heteroatoms. The number of hydrogen-bond donors (Lipinski definition) is 3. The fourth-order valence-corrected chi connectivity index (χ4v) is 3.01. The van der Waals surface area contributed by atoms with Gasteiger partial charge in [0, 0.05) is 43.2 Å². The minimum atomic E-state index is -0.559. The van der Waals surface area contributed by atoms with Crippen LogP contribution in [-0.2, 0) is 0 Å². The number of benzene rings is 1. The van der Waals surface area contributed by atoms with Crippen LogP contribution >= 0.6 is 0 Å². The number of nitrogen functional groups attached to an aromatic ring is 1. The van der Waals surface area contributed by atoms with Gasteiger partial charge in [0.2, 0.25) is 11.8 Å². The normalized spacial score (nSPS) is 10.8. The molecule has 0 saturated heterocycles. The van der Waals surface area contributed by atoms with Gasteiger partial charge in [-0.2, -0.15) is 0 Å². The van der Waals surface area contributed by atoms with E-state index in [1.807, 2.05) is 47.9 Å². The lowest BCUT2D eigenvalue weighted by Gasteiger charge is -2.11. The van der Waals surface area contributed by atoms with Crippen molar-refractivity contribution in [1.29, 1.82) is 0 Å². The van der Waals surface area contributed by atoms with E-state index >= 15 is 0 Å². The number of fused-ring (bicyclic) bond motifs is 1. The van der Waals surface area contributed by atoms with Crippen LogP contribution in [-0.4, -0.2) is 37.4 Å². The maximum atomic E-state index is 10.8. The lowest BCUT2D eigenvalue weighted by Crippen LogP contribution is -2.17. The lowest BCUT2D eigenvalue weighted by atomic mass is 10.1. The van der Waals surface area contributed by atoms with Gasteiger partial charge in [-0.25, -0.2) is 15.0 Å². The van der Waals surface area contributed by atoms with Crippen LogP contribution in [0.2, 0.25) is 0 Å². The zero-order valence-corrected chi connectivity index (χ0v) is 16.2. The van der Waals surface area contributed by atoms with Crippen LogP contribution in [0, 0.1) is 17.0 Å². The van der Waals surface area contributed by atoms with Crippen molar-refractivity contribution in [3.8, 4) is 11.3 Å². The van der Waals surface area contributed by atoms with E-state index in [9.17, 15) is 10.1 Å². The number of anilines is 3. The summed E-state index contributed by atoms with van der Waals surface area (Å²) in [5.74, 6) is 1.01. The lowest BCUT2D eigenvalue weighted by molar-refractivity contribution is -0.384. The summed E-state index contributed by atoms with van der Waals surface area (Å²) in [4.78, 5) is 23.4. The molecular weight excluding hydrogens is 384 g/mol. The van der Waals surface area contributed by atoms with Crippen LogP contribution in [0.15, 0.2) is 54.9 Å². The molecule has 1 aromatic carbocycles. The van der Waals surface area contributed by atoms with Crippen LogP contribution in [0.5, 0.6) is 0 Å². The summed E-state index contributed by atoms with van der Waals surface area (Å²) >= 11 is 0. The molecular formula is C20H20N8O2. The number of aromatic nitrogens is 4. The Hall–Kier alpha value is -4.21. The minimum absolute atomic E-state index is 0.120. The van der Waals surface area contributed by atoms with Gasteiger partial charge in [0.05, 0.1) is 10.6 Å². The Bertz CT molecular complexity index is 1200. The van der Waals surface area contributed by atoms with E-state index in [1.54, 1.807) is 6.20 Å². The van der Waals surface area contributed by atoms with E-state index in [2.05, 4.69) is 20.6 Å². The van der Waals surface area contributed by atoms with E-state index in [0.29, 0.717) is 24.9 Å².